The van der Waals surface area contributed by atoms with Crippen molar-refractivity contribution in [2.24, 2.45) is 11.8 Å². The van der Waals surface area contributed by atoms with Crippen molar-refractivity contribution in [2.45, 2.75) is 26.8 Å². The predicted octanol–water partition coefficient (Wildman–Crippen LogP) is 2.11. The van der Waals surface area contributed by atoms with Crippen LogP contribution in [0.2, 0.25) is 0 Å². The SMILES string of the molecule is Cc1cc(C(C)N2CC3CNCC3C2)c(C)o1. The zero-order valence-corrected chi connectivity index (χ0v) is 11.0. The van der Waals surface area contributed by atoms with Gasteiger partial charge in [-0.3, -0.25) is 4.90 Å². The number of nitrogens with one attached hydrogen (secondary N) is 1. The Balaban J connectivity index is 1.75. The summed E-state index contributed by atoms with van der Waals surface area (Å²) >= 11 is 0. The summed E-state index contributed by atoms with van der Waals surface area (Å²) in [6.07, 6.45) is 0. The highest BCUT2D eigenvalue weighted by atomic mass is 16.3. The second kappa shape index (κ2) is 4.14. The van der Waals surface area contributed by atoms with Crippen LogP contribution in [0, 0.1) is 25.7 Å². The van der Waals surface area contributed by atoms with Crippen LogP contribution in [0.3, 0.4) is 0 Å². The number of hydrogen-bond donors (Lipinski definition) is 1. The Labute approximate surface area is 103 Å². The average Bonchev–Trinajstić information content (AvgIpc) is 2.90. The zero-order chi connectivity index (χ0) is 12.0. The molecule has 94 valence electrons. The van der Waals surface area contributed by atoms with Crippen LogP contribution >= 0.6 is 0 Å². The molecule has 17 heavy (non-hydrogen) atoms. The highest BCUT2D eigenvalue weighted by Crippen LogP contribution is 2.34. The van der Waals surface area contributed by atoms with Crippen molar-refractivity contribution in [1.29, 1.82) is 0 Å². The Morgan fingerprint density at radius 3 is 2.47 bits per heavy atom. The van der Waals surface area contributed by atoms with Gasteiger partial charge in [0.05, 0.1) is 0 Å². The number of nitrogens with zero attached hydrogens (tertiary/aromatic N) is 1. The second-order valence-electron chi connectivity index (χ2n) is 5.68. The van der Waals surface area contributed by atoms with E-state index in [1.54, 1.807) is 0 Å². The van der Waals surface area contributed by atoms with Crippen molar-refractivity contribution in [2.75, 3.05) is 26.2 Å². The van der Waals surface area contributed by atoms with Crippen LogP contribution in [0.5, 0.6) is 0 Å². The van der Waals surface area contributed by atoms with Gasteiger partial charge in [-0.2, -0.15) is 0 Å². The molecule has 3 rings (SSSR count). The third kappa shape index (κ3) is 1.91. The fourth-order valence-corrected chi connectivity index (χ4v) is 3.47. The number of hydrogen-bond acceptors (Lipinski definition) is 3. The summed E-state index contributed by atoms with van der Waals surface area (Å²) in [5, 5.41) is 3.49. The van der Waals surface area contributed by atoms with E-state index in [-0.39, 0.29) is 0 Å². The molecule has 0 amide bonds. The summed E-state index contributed by atoms with van der Waals surface area (Å²) in [4.78, 5) is 2.62. The molecule has 2 fully saturated rings. The van der Waals surface area contributed by atoms with Crippen molar-refractivity contribution in [1.82, 2.24) is 10.2 Å². The summed E-state index contributed by atoms with van der Waals surface area (Å²) in [7, 11) is 0. The van der Waals surface area contributed by atoms with Gasteiger partial charge in [-0.25, -0.2) is 0 Å². The first kappa shape index (κ1) is 11.3. The van der Waals surface area contributed by atoms with Gasteiger partial charge in [0.2, 0.25) is 0 Å². The third-order valence-corrected chi connectivity index (χ3v) is 4.49. The van der Waals surface area contributed by atoms with Gasteiger partial charge in [0.1, 0.15) is 11.5 Å². The van der Waals surface area contributed by atoms with Gasteiger partial charge in [-0.1, -0.05) is 0 Å². The highest BCUT2D eigenvalue weighted by molar-refractivity contribution is 5.24. The fourth-order valence-electron chi connectivity index (χ4n) is 3.47. The van der Waals surface area contributed by atoms with E-state index in [0.717, 1.165) is 23.4 Å². The summed E-state index contributed by atoms with van der Waals surface area (Å²) in [6, 6.07) is 2.70. The maximum atomic E-state index is 5.65. The van der Waals surface area contributed by atoms with Gasteiger partial charge < -0.3 is 9.73 Å². The van der Waals surface area contributed by atoms with Crippen LogP contribution in [0.15, 0.2) is 10.5 Å². The smallest absolute Gasteiger partial charge is 0.105 e. The molecule has 0 aliphatic carbocycles. The minimum Gasteiger partial charge on any atom is -0.466 e. The first-order valence-corrected chi connectivity index (χ1v) is 6.67. The lowest BCUT2D eigenvalue weighted by atomic mass is 10.0. The van der Waals surface area contributed by atoms with E-state index >= 15 is 0 Å². The minimum absolute atomic E-state index is 0.498. The van der Waals surface area contributed by atoms with Crippen LogP contribution in [0.1, 0.15) is 30.0 Å². The molecule has 2 saturated heterocycles. The normalized spacial score (nSPS) is 30.8. The molecule has 3 heterocycles. The van der Waals surface area contributed by atoms with Gasteiger partial charge in [0.15, 0.2) is 0 Å². The first-order chi connectivity index (χ1) is 8.15. The Morgan fingerprint density at radius 1 is 1.29 bits per heavy atom. The number of rotatable bonds is 2. The van der Waals surface area contributed by atoms with Crippen molar-refractivity contribution in [3.05, 3.63) is 23.2 Å². The second-order valence-corrected chi connectivity index (χ2v) is 5.68. The molecular weight excluding hydrogens is 212 g/mol. The molecule has 2 aliphatic rings. The third-order valence-electron chi connectivity index (χ3n) is 4.49. The molecule has 0 bridgehead atoms. The predicted molar refractivity (Wildman–Crippen MR) is 68.0 cm³/mol. The number of aryl methyl sites for hydroxylation is 2. The van der Waals surface area contributed by atoms with Crippen molar-refractivity contribution < 1.29 is 4.42 Å². The van der Waals surface area contributed by atoms with E-state index in [9.17, 15) is 0 Å². The van der Waals surface area contributed by atoms with Gasteiger partial charge >= 0.3 is 0 Å². The lowest BCUT2D eigenvalue weighted by Gasteiger charge is -2.24. The lowest BCUT2D eigenvalue weighted by molar-refractivity contribution is 0.242. The van der Waals surface area contributed by atoms with Crippen molar-refractivity contribution in [3.8, 4) is 0 Å². The number of fused-ring (bicyclic) bond motifs is 1. The molecule has 2 aliphatic heterocycles. The molecule has 1 aromatic rings. The van der Waals surface area contributed by atoms with Gasteiger partial charge in [0.25, 0.3) is 0 Å². The Bertz CT molecular complexity index is 400. The molecule has 0 saturated carbocycles. The van der Waals surface area contributed by atoms with Crippen LogP contribution in [-0.2, 0) is 0 Å². The quantitative estimate of drug-likeness (QED) is 0.849. The maximum Gasteiger partial charge on any atom is 0.105 e. The molecule has 0 spiro atoms. The van der Waals surface area contributed by atoms with Crippen LogP contribution in [-0.4, -0.2) is 31.1 Å². The van der Waals surface area contributed by atoms with E-state index in [2.05, 4.69) is 30.1 Å². The lowest BCUT2D eigenvalue weighted by Crippen LogP contribution is -2.28. The van der Waals surface area contributed by atoms with Crippen molar-refractivity contribution in [3.63, 3.8) is 0 Å². The summed E-state index contributed by atoms with van der Waals surface area (Å²) in [5.41, 5.74) is 1.37. The van der Waals surface area contributed by atoms with E-state index in [0.29, 0.717) is 6.04 Å². The van der Waals surface area contributed by atoms with Gasteiger partial charge in [0, 0.05) is 24.7 Å². The Morgan fingerprint density at radius 2 is 1.94 bits per heavy atom. The number of furan rings is 1. The molecule has 0 radical (unpaired) electrons. The van der Waals surface area contributed by atoms with Gasteiger partial charge in [-0.05, 0) is 51.8 Å². The largest absolute Gasteiger partial charge is 0.466 e. The van der Waals surface area contributed by atoms with Crippen LogP contribution in [0.4, 0.5) is 0 Å². The summed E-state index contributed by atoms with van der Waals surface area (Å²) in [6.45, 7) is 11.3. The van der Waals surface area contributed by atoms with Crippen molar-refractivity contribution >= 4 is 0 Å². The van der Waals surface area contributed by atoms with E-state index in [1.165, 1.54) is 31.7 Å². The molecule has 3 heteroatoms. The highest BCUT2D eigenvalue weighted by Gasteiger charge is 2.38. The average molecular weight is 234 g/mol. The maximum absolute atomic E-state index is 5.65. The molecule has 1 aromatic heterocycles. The molecule has 0 aromatic carbocycles. The molecule has 1 N–H and O–H groups in total. The molecule has 3 atom stereocenters. The molecule has 3 unspecified atom stereocenters. The van der Waals surface area contributed by atoms with Crippen LogP contribution < -0.4 is 5.32 Å². The van der Waals surface area contributed by atoms with Crippen LogP contribution in [0.25, 0.3) is 0 Å². The van der Waals surface area contributed by atoms with E-state index in [4.69, 9.17) is 4.42 Å². The standard InChI is InChI=1S/C14H22N2O/c1-9-4-14(11(3)17-9)10(2)16-7-12-5-15-6-13(12)8-16/h4,10,12-13,15H,5-8H2,1-3H3. The summed E-state index contributed by atoms with van der Waals surface area (Å²) in [5.74, 6) is 3.85. The first-order valence-electron chi connectivity index (χ1n) is 6.67. The van der Waals surface area contributed by atoms with E-state index < -0.39 is 0 Å². The Hall–Kier alpha value is -0.800. The number of likely N-dealkylation sites (tertiary alicyclic amines) is 1. The Kier molecular flexibility index (Phi) is 2.75. The fraction of sp³-hybridized carbons (Fsp3) is 0.714. The van der Waals surface area contributed by atoms with E-state index in [1.807, 2.05) is 6.92 Å². The zero-order valence-electron chi connectivity index (χ0n) is 11.0. The molecular formula is C14H22N2O. The molecule has 3 nitrogen and oxygen atoms in total. The minimum atomic E-state index is 0.498. The topological polar surface area (TPSA) is 28.4 Å². The monoisotopic (exact) mass is 234 g/mol. The van der Waals surface area contributed by atoms with Gasteiger partial charge in [-0.15, -0.1) is 0 Å². The summed E-state index contributed by atoms with van der Waals surface area (Å²) < 4.78 is 5.65.